The van der Waals surface area contributed by atoms with Crippen LogP contribution in [0, 0.1) is 0 Å². The van der Waals surface area contributed by atoms with Gasteiger partial charge in [0.25, 0.3) is 5.91 Å². The average Bonchev–Trinajstić information content (AvgIpc) is 2.79. The Balaban J connectivity index is 1.31. The number of benzene rings is 2. The van der Waals surface area contributed by atoms with Crippen molar-refractivity contribution >= 4 is 23.5 Å². The summed E-state index contributed by atoms with van der Waals surface area (Å²) in [6.07, 6.45) is 1.81. The fourth-order valence-corrected chi connectivity index (χ4v) is 4.16. The second-order valence-electron chi connectivity index (χ2n) is 6.77. The normalized spacial score (nSPS) is 14.1. The predicted molar refractivity (Wildman–Crippen MR) is 115 cm³/mol. The largest absolute Gasteiger partial charge is 0.353 e. The second-order valence-corrected chi connectivity index (χ2v) is 7.81. The summed E-state index contributed by atoms with van der Waals surface area (Å²) in [6.45, 7) is 3.07. The van der Waals surface area contributed by atoms with Crippen molar-refractivity contribution in [1.82, 2.24) is 9.88 Å². The van der Waals surface area contributed by atoms with E-state index in [2.05, 4.69) is 46.3 Å². The highest BCUT2D eigenvalue weighted by Crippen LogP contribution is 2.23. The van der Waals surface area contributed by atoms with Crippen LogP contribution in [0.1, 0.15) is 15.9 Å². The van der Waals surface area contributed by atoms with Crippen LogP contribution in [0.3, 0.4) is 0 Å². The summed E-state index contributed by atoms with van der Waals surface area (Å²) in [4.78, 5) is 22.6. The number of hydrogen-bond donors (Lipinski definition) is 0. The first-order valence-corrected chi connectivity index (χ1v) is 10.5. The molecule has 1 fully saturated rings. The highest BCUT2D eigenvalue weighted by Gasteiger charge is 2.22. The van der Waals surface area contributed by atoms with Crippen molar-refractivity contribution < 1.29 is 4.79 Å². The van der Waals surface area contributed by atoms with Crippen LogP contribution >= 0.6 is 11.8 Å². The van der Waals surface area contributed by atoms with Crippen molar-refractivity contribution in [1.29, 1.82) is 0 Å². The van der Waals surface area contributed by atoms with E-state index in [0.29, 0.717) is 0 Å². The Morgan fingerprint density at radius 2 is 1.57 bits per heavy atom. The third kappa shape index (κ3) is 4.54. The summed E-state index contributed by atoms with van der Waals surface area (Å²) in [5.74, 6) is 2.00. The van der Waals surface area contributed by atoms with E-state index in [-0.39, 0.29) is 5.91 Å². The minimum atomic E-state index is 0.114. The van der Waals surface area contributed by atoms with Gasteiger partial charge in [-0.1, -0.05) is 36.4 Å². The molecular weight excluding hydrogens is 366 g/mol. The van der Waals surface area contributed by atoms with Gasteiger partial charge in [0.15, 0.2) is 0 Å². The van der Waals surface area contributed by atoms with Gasteiger partial charge in [0.1, 0.15) is 5.82 Å². The number of carbonyl (C=O) groups excluding carboxylic acids is 1. The van der Waals surface area contributed by atoms with Crippen molar-refractivity contribution in [3.05, 3.63) is 90.1 Å². The molecule has 4 rings (SSSR count). The van der Waals surface area contributed by atoms with Crippen molar-refractivity contribution in [3.8, 4) is 0 Å². The zero-order valence-electron chi connectivity index (χ0n) is 15.7. The maximum absolute atomic E-state index is 12.8. The minimum absolute atomic E-state index is 0.114. The Hall–Kier alpha value is -2.79. The number of rotatable bonds is 5. The Labute approximate surface area is 170 Å². The number of anilines is 1. The van der Waals surface area contributed by atoms with Crippen molar-refractivity contribution in [3.63, 3.8) is 0 Å². The summed E-state index contributed by atoms with van der Waals surface area (Å²) in [7, 11) is 0. The van der Waals surface area contributed by atoms with Crippen LogP contribution in [-0.4, -0.2) is 42.0 Å². The van der Waals surface area contributed by atoms with Crippen LogP contribution in [0.25, 0.3) is 0 Å². The van der Waals surface area contributed by atoms with Crippen LogP contribution in [0.2, 0.25) is 0 Å². The number of piperazine rings is 1. The Bertz CT molecular complexity index is 892. The SMILES string of the molecule is O=C(c1ccc(CSc2ccccc2)cc1)N1CCN(c2ccccn2)CC1. The lowest BCUT2D eigenvalue weighted by molar-refractivity contribution is 0.0746. The fraction of sp³-hybridized carbons (Fsp3) is 0.217. The van der Waals surface area contributed by atoms with Gasteiger partial charge in [-0.05, 0) is 42.0 Å². The third-order valence-electron chi connectivity index (χ3n) is 4.89. The smallest absolute Gasteiger partial charge is 0.253 e. The highest BCUT2D eigenvalue weighted by atomic mass is 32.2. The molecule has 3 aromatic rings. The molecule has 0 bridgehead atoms. The molecule has 1 aliphatic heterocycles. The molecule has 28 heavy (non-hydrogen) atoms. The molecule has 0 N–H and O–H groups in total. The number of thioether (sulfide) groups is 1. The lowest BCUT2D eigenvalue weighted by Crippen LogP contribution is -2.49. The second kappa shape index (κ2) is 8.93. The van der Waals surface area contributed by atoms with Gasteiger partial charge in [-0.3, -0.25) is 4.79 Å². The standard InChI is InChI=1S/C23H23N3OS/c27-23(26-16-14-25(15-17-26)22-8-4-5-13-24-22)20-11-9-19(10-12-20)18-28-21-6-2-1-3-7-21/h1-13H,14-18H2. The maximum Gasteiger partial charge on any atom is 0.253 e. The van der Waals surface area contributed by atoms with Gasteiger partial charge in [-0.15, -0.1) is 11.8 Å². The molecule has 0 atom stereocenters. The molecule has 5 heteroatoms. The minimum Gasteiger partial charge on any atom is -0.353 e. The highest BCUT2D eigenvalue weighted by molar-refractivity contribution is 7.98. The zero-order chi connectivity index (χ0) is 19.2. The first-order chi connectivity index (χ1) is 13.8. The predicted octanol–water partition coefficient (Wildman–Crippen LogP) is 4.34. The van der Waals surface area contributed by atoms with Crippen molar-refractivity contribution in [2.45, 2.75) is 10.6 Å². The van der Waals surface area contributed by atoms with E-state index in [1.54, 1.807) is 0 Å². The van der Waals surface area contributed by atoms with Crippen LogP contribution in [0.5, 0.6) is 0 Å². The maximum atomic E-state index is 12.8. The summed E-state index contributed by atoms with van der Waals surface area (Å²) in [6, 6.07) is 24.3. The number of nitrogens with zero attached hydrogens (tertiary/aromatic N) is 3. The van der Waals surface area contributed by atoms with Crippen LogP contribution in [0.15, 0.2) is 83.9 Å². The molecule has 0 unspecified atom stereocenters. The van der Waals surface area contributed by atoms with Crippen LogP contribution in [0.4, 0.5) is 5.82 Å². The Morgan fingerprint density at radius 3 is 2.25 bits per heavy atom. The molecule has 1 saturated heterocycles. The topological polar surface area (TPSA) is 36.4 Å². The summed E-state index contributed by atoms with van der Waals surface area (Å²) in [5, 5.41) is 0. The van der Waals surface area contributed by atoms with Gasteiger partial charge < -0.3 is 9.80 Å². The zero-order valence-corrected chi connectivity index (χ0v) is 16.5. The first kappa shape index (κ1) is 18.6. The van der Waals surface area contributed by atoms with Crippen LogP contribution in [-0.2, 0) is 5.75 Å². The summed E-state index contributed by atoms with van der Waals surface area (Å²) in [5.41, 5.74) is 1.99. The van der Waals surface area contributed by atoms with E-state index in [4.69, 9.17) is 0 Å². The quantitative estimate of drug-likeness (QED) is 0.609. The molecule has 2 heterocycles. The molecule has 1 amide bonds. The number of aromatic nitrogens is 1. The number of carbonyl (C=O) groups is 1. The van der Waals surface area contributed by atoms with E-state index in [1.165, 1.54) is 10.5 Å². The van der Waals surface area contributed by atoms with Gasteiger partial charge in [0.2, 0.25) is 0 Å². The lowest BCUT2D eigenvalue weighted by atomic mass is 10.1. The molecule has 0 saturated carbocycles. The Morgan fingerprint density at radius 1 is 0.857 bits per heavy atom. The molecule has 1 aliphatic rings. The molecule has 0 spiro atoms. The molecule has 1 aromatic heterocycles. The molecule has 142 valence electrons. The molecule has 0 radical (unpaired) electrons. The number of hydrogen-bond acceptors (Lipinski definition) is 4. The number of pyridine rings is 1. The lowest BCUT2D eigenvalue weighted by Gasteiger charge is -2.35. The third-order valence-corrected chi connectivity index (χ3v) is 5.97. The summed E-state index contributed by atoms with van der Waals surface area (Å²) < 4.78 is 0. The van der Waals surface area contributed by atoms with Gasteiger partial charge in [0.05, 0.1) is 0 Å². The molecule has 2 aromatic carbocycles. The van der Waals surface area contributed by atoms with Crippen molar-refractivity contribution in [2.75, 3.05) is 31.1 Å². The van der Waals surface area contributed by atoms with E-state index in [0.717, 1.165) is 43.3 Å². The Kier molecular flexibility index (Phi) is 5.92. The van der Waals surface area contributed by atoms with E-state index in [1.807, 2.05) is 59.3 Å². The fourth-order valence-electron chi connectivity index (χ4n) is 3.29. The van der Waals surface area contributed by atoms with Crippen molar-refractivity contribution in [2.24, 2.45) is 0 Å². The number of amides is 1. The molecular formula is C23H23N3OS. The first-order valence-electron chi connectivity index (χ1n) is 9.52. The van der Waals surface area contributed by atoms with Gasteiger partial charge in [-0.2, -0.15) is 0 Å². The van der Waals surface area contributed by atoms with Gasteiger partial charge >= 0.3 is 0 Å². The van der Waals surface area contributed by atoms with E-state index < -0.39 is 0 Å². The molecule has 0 aliphatic carbocycles. The van der Waals surface area contributed by atoms with Gasteiger partial charge in [0, 0.05) is 48.6 Å². The monoisotopic (exact) mass is 389 g/mol. The van der Waals surface area contributed by atoms with Crippen LogP contribution < -0.4 is 4.90 Å². The van der Waals surface area contributed by atoms with E-state index in [9.17, 15) is 4.79 Å². The average molecular weight is 390 g/mol. The summed E-state index contributed by atoms with van der Waals surface area (Å²) >= 11 is 1.81. The van der Waals surface area contributed by atoms with Gasteiger partial charge in [-0.25, -0.2) is 4.98 Å². The molecule has 4 nitrogen and oxygen atoms in total. The van der Waals surface area contributed by atoms with E-state index >= 15 is 0 Å².